The Morgan fingerprint density at radius 3 is 2.73 bits per heavy atom. The molecule has 2 rings (SSSR count). The molecule has 0 bridgehead atoms. The van der Waals surface area contributed by atoms with E-state index in [1.54, 1.807) is 19.2 Å². The molecule has 3 nitrogen and oxygen atoms in total. The van der Waals surface area contributed by atoms with Crippen LogP contribution in [0.4, 0.5) is 0 Å². The van der Waals surface area contributed by atoms with Gasteiger partial charge >= 0.3 is 0 Å². The second-order valence-corrected chi connectivity index (χ2v) is 4.32. The maximum absolute atomic E-state index is 10.7. The van der Waals surface area contributed by atoms with Crippen molar-refractivity contribution < 1.29 is 14.3 Å². The van der Waals surface area contributed by atoms with Gasteiger partial charge in [0.1, 0.15) is 6.29 Å². The van der Waals surface area contributed by atoms with E-state index in [-0.39, 0.29) is 0 Å². The Hall–Kier alpha value is -1.03. The normalized spacial score (nSPS) is 14.8. The van der Waals surface area contributed by atoms with E-state index >= 15 is 0 Å². The molecule has 4 heteroatoms. The van der Waals surface area contributed by atoms with Gasteiger partial charge < -0.3 is 9.47 Å². The monoisotopic (exact) mass is 270 g/mol. The van der Waals surface area contributed by atoms with E-state index in [2.05, 4.69) is 15.9 Å². The lowest BCUT2D eigenvalue weighted by atomic mass is 10.2. The van der Waals surface area contributed by atoms with Crippen molar-refractivity contribution >= 4 is 22.2 Å². The van der Waals surface area contributed by atoms with Crippen molar-refractivity contribution in [1.29, 1.82) is 0 Å². The molecule has 1 aromatic rings. The molecule has 0 radical (unpaired) electrons. The van der Waals surface area contributed by atoms with Crippen LogP contribution in [0.3, 0.4) is 0 Å². The number of benzene rings is 1. The highest BCUT2D eigenvalue weighted by Gasteiger charge is 2.26. The predicted molar refractivity (Wildman–Crippen MR) is 59.7 cm³/mol. The Morgan fingerprint density at radius 1 is 1.47 bits per heavy atom. The van der Waals surface area contributed by atoms with E-state index in [0.29, 0.717) is 23.2 Å². The topological polar surface area (TPSA) is 35.5 Å². The maximum atomic E-state index is 10.7. The first kappa shape index (κ1) is 10.5. The highest BCUT2D eigenvalue weighted by molar-refractivity contribution is 9.10. The van der Waals surface area contributed by atoms with Gasteiger partial charge in [-0.25, -0.2) is 0 Å². The van der Waals surface area contributed by atoms with Crippen LogP contribution in [0.15, 0.2) is 16.6 Å². The molecule has 0 atom stereocenters. The summed E-state index contributed by atoms with van der Waals surface area (Å²) >= 11 is 3.37. The van der Waals surface area contributed by atoms with Crippen LogP contribution >= 0.6 is 15.9 Å². The number of aldehydes is 1. The fourth-order valence-electron chi connectivity index (χ4n) is 1.27. The second kappa shape index (κ2) is 4.23. The summed E-state index contributed by atoms with van der Waals surface area (Å²) in [6, 6.07) is 3.41. The highest BCUT2D eigenvalue weighted by Crippen LogP contribution is 2.39. The van der Waals surface area contributed by atoms with Crippen LogP contribution in [0.1, 0.15) is 23.2 Å². The zero-order chi connectivity index (χ0) is 10.8. The molecular formula is C11H11BrO3. The molecule has 0 heterocycles. The van der Waals surface area contributed by atoms with Crippen molar-refractivity contribution in [3.63, 3.8) is 0 Å². The Kier molecular flexibility index (Phi) is 2.95. The number of ether oxygens (including phenoxy) is 2. The number of hydrogen-bond donors (Lipinski definition) is 0. The first-order valence-corrected chi connectivity index (χ1v) is 5.53. The molecule has 1 fully saturated rings. The summed E-state index contributed by atoms with van der Waals surface area (Å²) in [5, 5.41) is 0. The lowest BCUT2D eigenvalue weighted by Gasteiger charge is -2.12. The lowest BCUT2D eigenvalue weighted by Crippen LogP contribution is -2.00. The summed E-state index contributed by atoms with van der Waals surface area (Å²) in [6.45, 7) is 0. The van der Waals surface area contributed by atoms with Crippen LogP contribution in [-0.2, 0) is 0 Å². The molecule has 1 saturated carbocycles. The molecule has 1 aromatic carbocycles. The van der Waals surface area contributed by atoms with Crippen LogP contribution in [0.25, 0.3) is 0 Å². The van der Waals surface area contributed by atoms with Crippen LogP contribution in [0.5, 0.6) is 11.5 Å². The number of rotatable bonds is 4. The molecule has 0 aromatic heterocycles. The third-order valence-corrected chi connectivity index (χ3v) is 2.79. The lowest BCUT2D eigenvalue weighted by molar-refractivity contribution is 0.112. The summed E-state index contributed by atoms with van der Waals surface area (Å²) < 4.78 is 11.6. The minimum absolute atomic E-state index is 0.303. The predicted octanol–water partition coefficient (Wildman–Crippen LogP) is 2.81. The summed E-state index contributed by atoms with van der Waals surface area (Å²) in [7, 11) is 1.57. The quantitative estimate of drug-likeness (QED) is 0.790. The van der Waals surface area contributed by atoms with Gasteiger partial charge in [-0.1, -0.05) is 0 Å². The van der Waals surface area contributed by atoms with Gasteiger partial charge in [0.25, 0.3) is 0 Å². The molecule has 0 N–H and O–H groups in total. The molecule has 0 aliphatic heterocycles. The molecule has 0 spiro atoms. The summed E-state index contributed by atoms with van der Waals surface area (Å²) in [5.74, 6) is 1.28. The molecule has 0 amide bonds. The van der Waals surface area contributed by atoms with Crippen LogP contribution in [0.2, 0.25) is 0 Å². The Balaban J connectivity index is 2.36. The number of hydrogen-bond acceptors (Lipinski definition) is 3. The van der Waals surface area contributed by atoms with Crippen molar-refractivity contribution in [1.82, 2.24) is 0 Å². The molecule has 0 unspecified atom stereocenters. The van der Waals surface area contributed by atoms with E-state index in [1.165, 1.54) is 0 Å². The maximum Gasteiger partial charge on any atom is 0.175 e. The number of carbonyl (C=O) groups excluding carboxylic acids is 1. The van der Waals surface area contributed by atoms with Gasteiger partial charge in [-0.05, 0) is 40.9 Å². The molecule has 80 valence electrons. The molecule has 1 aliphatic carbocycles. The van der Waals surface area contributed by atoms with Crippen molar-refractivity contribution in [2.24, 2.45) is 0 Å². The minimum atomic E-state index is 0.303. The Bertz CT molecular complexity index is 386. The molecule has 1 aliphatic rings. The van der Waals surface area contributed by atoms with Gasteiger partial charge in [-0.2, -0.15) is 0 Å². The highest BCUT2D eigenvalue weighted by atomic mass is 79.9. The summed E-state index contributed by atoms with van der Waals surface area (Å²) in [5.41, 5.74) is 0.571. The van der Waals surface area contributed by atoms with Crippen LogP contribution < -0.4 is 9.47 Å². The van der Waals surface area contributed by atoms with Crippen molar-refractivity contribution in [2.45, 2.75) is 18.9 Å². The number of carbonyl (C=O) groups is 1. The molecule has 15 heavy (non-hydrogen) atoms. The zero-order valence-electron chi connectivity index (χ0n) is 8.33. The molecular weight excluding hydrogens is 260 g/mol. The Labute approximate surface area is 96.5 Å². The third-order valence-electron chi connectivity index (χ3n) is 2.20. The van der Waals surface area contributed by atoms with Gasteiger partial charge in [-0.3, -0.25) is 4.79 Å². The van der Waals surface area contributed by atoms with Crippen molar-refractivity contribution in [2.75, 3.05) is 7.11 Å². The van der Waals surface area contributed by atoms with Crippen molar-refractivity contribution in [3.05, 3.63) is 22.2 Å². The van der Waals surface area contributed by atoms with Gasteiger partial charge in [0, 0.05) is 5.56 Å². The smallest absolute Gasteiger partial charge is 0.175 e. The van der Waals surface area contributed by atoms with E-state index in [4.69, 9.17) is 9.47 Å². The SMILES string of the molecule is COc1cc(C=O)cc(Br)c1OC1CC1. The standard InChI is InChI=1S/C11H11BrO3/c1-14-10-5-7(6-13)4-9(12)11(10)15-8-2-3-8/h4-6,8H,2-3H2,1H3. The van der Waals surface area contributed by atoms with Gasteiger partial charge in [0.15, 0.2) is 11.5 Å². The zero-order valence-corrected chi connectivity index (χ0v) is 9.91. The summed E-state index contributed by atoms with van der Waals surface area (Å²) in [4.78, 5) is 10.7. The average molecular weight is 271 g/mol. The number of halogens is 1. The largest absolute Gasteiger partial charge is 0.493 e. The number of methoxy groups -OCH3 is 1. The van der Waals surface area contributed by atoms with Crippen molar-refractivity contribution in [3.8, 4) is 11.5 Å². The van der Waals surface area contributed by atoms with E-state index < -0.39 is 0 Å². The van der Waals surface area contributed by atoms with E-state index in [0.717, 1.165) is 23.6 Å². The average Bonchev–Trinajstić information content (AvgIpc) is 3.04. The fraction of sp³-hybridized carbons (Fsp3) is 0.364. The fourth-order valence-corrected chi connectivity index (χ4v) is 1.83. The molecule has 0 saturated heterocycles. The third kappa shape index (κ3) is 2.31. The first-order valence-electron chi connectivity index (χ1n) is 4.74. The van der Waals surface area contributed by atoms with Gasteiger partial charge in [0.05, 0.1) is 17.7 Å². The van der Waals surface area contributed by atoms with E-state index in [1.807, 2.05) is 0 Å². The first-order chi connectivity index (χ1) is 7.24. The summed E-state index contributed by atoms with van der Waals surface area (Å²) in [6.07, 6.45) is 3.27. The van der Waals surface area contributed by atoms with Crippen LogP contribution in [0, 0.1) is 0 Å². The minimum Gasteiger partial charge on any atom is -0.493 e. The second-order valence-electron chi connectivity index (χ2n) is 3.47. The Morgan fingerprint density at radius 2 is 2.20 bits per heavy atom. The van der Waals surface area contributed by atoms with Gasteiger partial charge in [0.2, 0.25) is 0 Å². The van der Waals surface area contributed by atoms with E-state index in [9.17, 15) is 4.79 Å². The van der Waals surface area contributed by atoms with Gasteiger partial charge in [-0.15, -0.1) is 0 Å². The van der Waals surface area contributed by atoms with Crippen LogP contribution in [-0.4, -0.2) is 19.5 Å².